The molecule has 7 nitrogen and oxygen atoms in total. The molecule has 2 amide bonds. The summed E-state index contributed by atoms with van der Waals surface area (Å²) in [7, 11) is 0. The Labute approximate surface area is 170 Å². The van der Waals surface area contributed by atoms with E-state index in [0.29, 0.717) is 47.3 Å². The minimum Gasteiger partial charge on any atom is -0.486 e. The Hall–Kier alpha value is -3.39. The van der Waals surface area contributed by atoms with Crippen LogP contribution in [0, 0.1) is 0 Å². The minimum absolute atomic E-state index is 0.140. The quantitative estimate of drug-likeness (QED) is 0.670. The number of rotatable bonds is 4. The van der Waals surface area contributed by atoms with Gasteiger partial charge in [0.05, 0.1) is 10.2 Å². The first kappa shape index (κ1) is 18.9. The summed E-state index contributed by atoms with van der Waals surface area (Å²) in [5, 5.41) is 2.77. The number of amides is 2. The molecule has 3 aromatic rings. The predicted octanol–water partition coefficient (Wildman–Crippen LogP) is 3.36. The SMILES string of the molecule is C=CCn1c(=NC(=O)c2ccc3c(c2)OCCO3)sc2cc(NC(C)=O)ccc21. The number of carbonyl (C=O) groups is 2. The first-order chi connectivity index (χ1) is 14.0. The van der Waals surface area contributed by atoms with Gasteiger partial charge in [-0.15, -0.1) is 6.58 Å². The lowest BCUT2D eigenvalue weighted by molar-refractivity contribution is -0.114. The number of allylic oxidation sites excluding steroid dienone is 1. The third-order valence-electron chi connectivity index (χ3n) is 4.30. The maximum Gasteiger partial charge on any atom is 0.279 e. The summed E-state index contributed by atoms with van der Waals surface area (Å²) < 4.78 is 13.9. The van der Waals surface area contributed by atoms with Crippen molar-refractivity contribution in [3.8, 4) is 11.5 Å². The van der Waals surface area contributed by atoms with Crippen LogP contribution in [0.15, 0.2) is 54.0 Å². The summed E-state index contributed by atoms with van der Waals surface area (Å²) in [5.41, 5.74) is 2.04. The smallest absolute Gasteiger partial charge is 0.279 e. The number of nitrogens with zero attached hydrogens (tertiary/aromatic N) is 2. The molecule has 0 unspecified atom stereocenters. The summed E-state index contributed by atoms with van der Waals surface area (Å²) in [6.07, 6.45) is 1.75. The fourth-order valence-corrected chi connectivity index (χ4v) is 4.15. The van der Waals surface area contributed by atoms with Crippen molar-refractivity contribution in [3.63, 3.8) is 0 Å². The van der Waals surface area contributed by atoms with E-state index < -0.39 is 0 Å². The lowest BCUT2D eigenvalue weighted by Gasteiger charge is -2.18. The lowest BCUT2D eigenvalue weighted by Crippen LogP contribution is -2.17. The number of aromatic nitrogens is 1. The van der Waals surface area contributed by atoms with Gasteiger partial charge in [-0.05, 0) is 36.4 Å². The molecule has 1 aromatic heterocycles. The van der Waals surface area contributed by atoms with Gasteiger partial charge in [-0.3, -0.25) is 9.59 Å². The number of nitrogens with one attached hydrogen (secondary N) is 1. The van der Waals surface area contributed by atoms with Crippen LogP contribution in [0.5, 0.6) is 11.5 Å². The maximum atomic E-state index is 12.8. The Bertz CT molecular complexity index is 1190. The van der Waals surface area contributed by atoms with E-state index in [4.69, 9.17) is 9.47 Å². The fourth-order valence-electron chi connectivity index (χ4n) is 3.07. The molecule has 0 saturated carbocycles. The zero-order chi connectivity index (χ0) is 20.4. The lowest BCUT2D eigenvalue weighted by atomic mass is 10.2. The van der Waals surface area contributed by atoms with Crippen molar-refractivity contribution in [1.29, 1.82) is 0 Å². The van der Waals surface area contributed by atoms with Gasteiger partial charge < -0.3 is 19.4 Å². The van der Waals surface area contributed by atoms with Crippen LogP contribution in [0.25, 0.3) is 10.2 Å². The van der Waals surface area contributed by atoms with Gasteiger partial charge in [0.2, 0.25) is 5.91 Å². The van der Waals surface area contributed by atoms with Gasteiger partial charge in [0.1, 0.15) is 13.2 Å². The molecule has 0 atom stereocenters. The van der Waals surface area contributed by atoms with Gasteiger partial charge in [-0.1, -0.05) is 17.4 Å². The second-order valence-corrected chi connectivity index (χ2v) is 7.43. The van der Waals surface area contributed by atoms with Crippen molar-refractivity contribution in [3.05, 3.63) is 59.4 Å². The Morgan fingerprint density at radius 1 is 1.21 bits per heavy atom. The summed E-state index contributed by atoms with van der Waals surface area (Å²) in [6, 6.07) is 10.6. The van der Waals surface area contributed by atoms with E-state index in [0.717, 1.165) is 10.2 Å². The van der Waals surface area contributed by atoms with Crippen LogP contribution in [-0.4, -0.2) is 29.6 Å². The number of hydrogen-bond donors (Lipinski definition) is 1. The Kier molecular flexibility index (Phi) is 5.18. The van der Waals surface area contributed by atoms with Gasteiger partial charge in [0.15, 0.2) is 16.3 Å². The molecule has 148 valence electrons. The molecule has 8 heteroatoms. The number of anilines is 1. The number of ether oxygens (including phenoxy) is 2. The molecule has 0 aliphatic carbocycles. The predicted molar refractivity (Wildman–Crippen MR) is 112 cm³/mol. The van der Waals surface area contributed by atoms with E-state index in [-0.39, 0.29) is 11.8 Å². The molecule has 0 spiro atoms. The van der Waals surface area contributed by atoms with Gasteiger partial charge in [-0.25, -0.2) is 0 Å². The van der Waals surface area contributed by atoms with E-state index >= 15 is 0 Å². The second-order valence-electron chi connectivity index (χ2n) is 6.42. The Balaban J connectivity index is 1.75. The third-order valence-corrected chi connectivity index (χ3v) is 5.34. The molecule has 1 aliphatic rings. The molecule has 2 heterocycles. The van der Waals surface area contributed by atoms with E-state index in [2.05, 4.69) is 16.9 Å². The van der Waals surface area contributed by atoms with Crippen LogP contribution in [0.3, 0.4) is 0 Å². The Morgan fingerprint density at radius 3 is 2.76 bits per heavy atom. The van der Waals surface area contributed by atoms with Gasteiger partial charge in [-0.2, -0.15) is 4.99 Å². The summed E-state index contributed by atoms with van der Waals surface area (Å²) in [4.78, 5) is 29.0. The highest BCUT2D eigenvalue weighted by molar-refractivity contribution is 7.16. The van der Waals surface area contributed by atoms with E-state index in [1.54, 1.807) is 24.3 Å². The molecule has 0 radical (unpaired) electrons. The maximum absolute atomic E-state index is 12.8. The van der Waals surface area contributed by atoms with Gasteiger partial charge in [0, 0.05) is 24.7 Å². The summed E-state index contributed by atoms with van der Waals surface area (Å²) >= 11 is 1.38. The largest absolute Gasteiger partial charge is 0.486 e. The van der Waals surface area contributed by atoms with Crippen LogP contribution in [0.1, 0.15) is 17.3 Å². The van der Waals surface area contributed by atoms with Crippen molar-refractivity contribution in [2.75, 3.05) is 18.5 Å². The van der Waals surface area contributed by atoms with E-state index in [9.17, 15) is 9.59 Å². The van der Waals surface area contributed by atoms with E-state index in [1.807, 2.05) is 22.8 Å². The molecule has 1 aliphatic heterocycles. The number of hydrogen-bond acceptors (Lipinski definition) is 5. The van der Waals surface area contributed by atoms with Crippen LogP contribution in [0.4, 0.5) is 5.69 Å². The summed E-state index contributed by atoms with van der Waals surface area (Å²) in [5.74, 6) is 0.668. The van der Waals surface area contributed by atoms with Gasteiger partial charge >= 0.3 is 0 Å². The van der Waals surface area contributed by atoms with Crippen LogP contribution in [-0.2, 0) is 11.3 Å². The minimum atomic E-state index is -0.367. The first-order valence-electron chi connectivity index (χ1n) is 9.06. The highest BCUT2D eigenvalue weighted by Gasteiger charge is 2.15. The molecule has 2 aromatic carbocycles. The molecule has 1 N–H and O–H groups in total. The average molecular weight is 409 g/mol. The number of carbonyl (C=O) groups excluding carboxylic acids is 2. The Morgan fingerprint density at radius 2 is 2.00 bits per heavy atom. The monoisotopic (exact) mass is 409 g/mol. The van der Waals surface area contributed by atoms with Crippen molar-refractivity contribution in [2.45, 2.75) is 13.5 Å². The number of thiazole rings is 1. The first-order valence-corrected chi connectivity index (χ1v) is 9.87. The molecular formula is C21H19N3O4S. The average Bonchev–Trinajstić information content (AvgIpc) is 3.03. The number of benzene rings is 2. The number of fused-ring (bicyclic) bond motifs is 2. The standard InChI is InChI=1S/C21H19N3O4S/c1-3-8-24-16-6-5-15(22-13(2)25)12-19(16)29-21(24)23-20(26)14-4-7-17-18(11-14)28-10-9-27-17/h3-7,11-12H,1,8-10H2,2H3,(H,22,25). The van der Waals surface area contributed by atoms with Crippen molar-refractivity contribution in [2.24, 2.45) is 4.99 Å². The van der Waals surface area contributed by atoms with Crippen molar-refractivity contribution >= 4 is 39.1 Å². The van der Waals surface area contributed by atoms with Crippen LogP contribution >= 0.6 is 11.3 Å². The van der Waals surface area contributed by atoms with Crippen LogP contribution < -0.4 is 19.6 Å². The second kappa shape index (κ2) is 7.92. The normalized spacial score (nSPS) is 13.3. The highest BCUT2D eigenvalue weighted by Crippen LogP contribution is 2.31. The van der Waals surface area contributed by atoms with Gasteiger partial charge in [0.25, 0.3) is 5.91 Å². The highest BCUT2D eigenvalue weighted by atomic mass is 32.1. The van der Waals surface area contributed by atoms with Crippen molar-refractivity contribution in [1.82, 2.24) is 4.57 Å². The molecular weight excluding hydrogens is 390 g/mol. The molecule has 29 heavy (non-hydrogen) atoms. The summed E-state index contributed by atoms with van der Waals surface area (Å²) in [6.45, 7) is 6.71. The zero-order valence-electron chi connectivity index (χ0n) is 15.8. The zero-order valence-corrected chi connectivity index (χ0v) is 16.6. The molecule has 0 bridgehead atoms. The topological polar surface area (TPSA) is 81.9 Å². The fraction of sp³-hybridized carbons (Fsp3) is 0.190. The van der Waals surface area contributed by atoms with E-state index in [1.165, 1.54) is 18.3 Å². The molecule has 4 rings (SSSR count). The molecule has 0 fully saturated rings. The van der Waals surface area contributed by atoms with Crippen molar-refractivity contribution < 1.29 is 19.1 Å². The third kappa shape index (κ3) is 3.93. The molecule has 0 saturated heterocycles. The van der Waals surface area contributed by atoms with Crippen LogP contribution in [0.2, 0.25) is 0 Å².